The van der Waals surface area contributed by atoms with Crippen molar-refractivity contribution in [3.63, 3.8) is 0 Å². The van der Waals surface area contributed by atoms with Gasteiger partial charge in [-0.15, -0.1) is 90.5 Å². The number of fused-ring (bicyclic) bond motifs is 1. The van der Waals surface area contributed by atoms with Crippen LogP contribution < -0.4 is 4.74 Å². The summed E-state index contributed by atoms with van der Waals surface area (Å²) in [7, 11) is 1.56. The van der Waals surface area contributed by atoms with Crippen molar-refractivity contribution < 1.29 is 38.2 Å². The van der Waals surface area contributed by atoms with E-state index in [9.17, 15) is 19.2 Å². The van der Waals surface area contributed by atoms with Crippen molar-refractivity contribution in [2.24, 2.45) is 11.1 Å². The second-order valence-electron chi connectivity index (χ2n) is 12.1. The van der Waals surface area contributed by atoms with E-state index in [4.69, 9.17) is 30.6 Å². The molecular formula is C30H35BClI3N4O8S2. The van der Waals surface area contributed by atoms with Crippen LogP contribution in [0.25, 0.3) is 0 Å². The molecule has 0 aliphatic carbocycles. The summed E-state index contributed by atoms with van der Waals surface area (Å²) >= 11 is 15.6. The smallest absolute Gasteiger partial charge is 0.355 e. The molecule has 0 spiro atoms. The number of aryl methyl sites for hydroxylation is 1. The molecule has 2 atom stereocenters. The number of β-lactam (4-membered cyclic amide) rings is 1. The van der Waals surface area contributed by atoms with Crippen LogP contribution in [-0.2, 0) is 40.1 Å². The van der Waals surface area contributed by atoms with Gasteiger partial charge in [0.2, 0.25) is 11.5 Å². The molecule has 1 aromatic heterocycles. The standard InChI is InChI=1S/C30H35ClN4O8S2.BI3/c1-16-32-24(34-45-16)22(33-43-30(5,6)28(39)42-29(2,3)4)21(36)12-20-25(37)35-23(18(13-31)15-44-26(20)35)27(38)41-14-17-8-10-19(40-7)11-9-17;2-1(3)4/h8-11,20,26H,12-15H2,1-7H3;/b33-22+;/t20-,26?;/m1./s1. The average Bonchev–Trinajstić information content (AvgIpc) is 3.46. The molecule has 4 rings (SSSR count). The zero-order valence-electron chi connectivity index (χ0n) is 27.8. The first kappa shape index (κ1) is 42.2. The SMILES string of the molecule is COc1ccc(COC(=O)C2=C(CCl)CSC3[C@H](CC(=O)/C(=N\OC(C)(C)C(=O)OC(C)(C)C)c4nsc(C)n4)C(=O)N23)cc1.IB(I)I. The molecule has 0 saturated carbocycles. The Labute approximate surface area is 339 Å². The van der Waals surface area contributed by atoms with Crippen LogP contribution >= 0.6 is 102 Å². The lowest BCUT2D eigenvalue weighted by Gasteiger charge is -2.49. The molecule has 12 nitrogen and oxygen atoms in total. The number of halogens is 4. The highest BCUT2D eigenvalue weighted by Crippen LogP contribution is 2.45. The number of thioether (sulfide) groups is 1. The molecule has 0 N–H and O–H groups in total. The zero-order valence-corrected chi connectivity index (χ0v) is 36.6. The number of carbonyl (C=O) groups is 4. The number of oxime groups is 1. The molecule has 1 unspecified atom stereocenters. The van der Waals surface area contributed by atoms with Crippen LogP contribution in [0.1, 0.15) is 57.4 Å². The van der Waals surface area contributed by atoms with Crippen LogP contribution in [-0.4, -0.2) is 79.2 Å². The fourth-order valence-electron chi connectivity index (χ4n) is 4.35. The van der Waals surface area contributed by atoms with Crippen molar-refractivity contribution in [2.45, 2.75) is 71.1 Å². The number of hydrogen-bond acceptors (Lipinski definition) is 13. The molecule has 1 fully saturated rings. The van der Waals surface area contributed by atoms with Gasteiger partial charge in [-0.3, -0.25) is 14.5 Å². The van der Waals surface area contributed by atoms with Crippen LogP contribution in [0.3, 0.4) is 0 Å². The van der Waals surface area contributed by atoms with Gasteiger partial charge in [0, 0.05) is 18.1 Å². The Morgan fingerprint density at radius 1 is 1.12 bits per heavy atom. The van der Waals surface area contributed by atoms with E-state index in [1.54, 1.807) is 59.1 Å². The highest BCUT2D eigenvalue weighted by atomic mass is 127. The molecule has 2 aliphatic heterocycles. The number of esters is 2. The maximum atomic E-state index is 13.6. The predicted octanol–water partition coefficient (Wildman–Crippen LogP) is 6.70. The average molecular weight is 1070 g/mol. The normalized spacial score (nSPS) is 17.7. The number of amides is 1. The summed E-state index contributed by atoms with van der Waals surface area (Å²) in [5, 5.41) is 4.10. The lowest BCUT2D eigenvalue weighted by atomic mass is 9.89. The number of carbonyl (C=O) groups excluding carboxylic acids is 4. The van der Waals surface area contributed by atoms with Gasteiger partial charge in [-0.25, -0.2) is 14.6 Å². The van der Waals surface area contributed by atoms with Crippen LogP contribution in [0, 0.1) is 12.8 Å². The minimum absolute atomic E-state index is 0.0107. The van der Waals surface area contributed by atoms with E-state index in [1.165, 1.54) is 30.5 Å². The Hall–Kier alpha value is -1.24. The van der Waals surface area contributed by atoms with E-state index in [1.807, 2.05) is 0 Å². The third-order valence-electron chi connectivity index (χ3n) is 6.71. The quantitative estimate of drug-likeness (QED) is 0.0426. The van der Waals surface area contributed by atoms with Crippen molar-refractivity contribution in [2.75, 3.05) is 18.7 Å². The van der Waals surface area contributed by atoms with E-state index >= 15 is 0 Å². The Kier molecular flexibility index (Phi) is 15.9. The number of ketones is 1. The van der Waals surface area contributed by atoms with E-state index in [-0.39, 0.29) is 36.1 Å². The molecule has 19 heteroatoms. The summed E-state index contributed by atoms with van der Waals surface area (Å²) in [5.74, 6) is -1.96. The molecule has 2 aliphatic rings. The van der Waals surface area contributed by atoms with Gasteiger partial charge in [-0.2, -0.15) is 4.37 Å². The maximum Gasteiger partial charge on any atom is 0.355 e. The Morgan fingerprint density at radius 2 is 1.76 bits per heavy atom. The molecule has 49 heavy (non-hydrogen) atoms. The molecule has 1 amide bonds. The van der Waals surface area contributed by atoms with Crippen LogP contribution in [0.15, 0.2) is 40.7 Å². The third kappa shape index (κ3) is 11.9. The number of alkyl halides is 1. The zero-order chi connectivity index (χ0) is 36.7. The molecule has 1 aromatic carbocycles. The van der Waals surface area contributed by atoms with Gasteiger partial charge in [-0.1, -0.05) is 17.3 Å². The largest absolute Gasteiger partial charge is 0.497 e. The van der Waals surface area contributed by atoms with Crippen molar-refractivity contribution in [1.82, 2.24) is 14.3 Å². The molecule has 3 heterocycles. The summed E-state index contributed by atoms with van der Waals surface area (Å²) in [5.41, 5.74) is -1.11. The highest BCUT2D eigenvalue weighted by molar-refractivity contribution is 14.4. The highest BCUT2D eigenvalue weighted by Gasteiger charge is 2.54. The number of methoxy groups -OCH3 is 1. The van der Waals surface area contributed by atoms with Gasteiger partial charge in [0.05, 0.1) is 18.4 Å². The van der Waals surface area contributed by atoms with Gasteiger partial charge >= 0.3 is 12.2 Å². The topological polar surface area (TPSA) is 147 Å². The van der Waals surface area contributed by atoms with E-state index in [2.05, 4.69) is 81.6 Å². The molecule has 1 saturated heterocycles. The van der Waals surface area contributed by atoms with Crippen LogP contribution in [0.5, 0.6) is 5.75 Å². The molecule has 0 radical (unpaired) electrons. The first-order chi connectivity index (χ1) is 22.9. The van der Waals surface area contributed by atoms with Crippen molar-refractivity contribution in [1.29, 1.82) is 0 Å². The monoisotopic (exact) mass is 1070 g/mol. The van der Waals surface area contributed by atoms with Gasteiger partial charge < -0.3 is 19.0 Å². The maximum absolute atomic E-state index is 13.6. The van der Waals surface area contributed by atoms with Crippen LogP contribution in [0.2, 0.25) is 0 Å². The van der Waals surface area contributed by atoms with E-state index in [0.29, 0.717) is 22.1 Å². The first-order valence-corrected chi connectivity index (χ1v) is 20.8. The first-order valence-electron chi connectivity index (χ1n) is 14.7. The Balaban J connectivity index is 0.00000154. The summed E-state index contributed by atoms with van der Waals surface area (Å²) in [6, 6.07) is 7.05. The molecule has 266 valence electrons. The van der Waals surface area contributed by atoms with E-state index < -0.39 is 46.1 Å². The number of rotatable bonds is 12. The number of ether oxygens (including phenoxy) is 3. The number of hydrogen-bond donors (Lipinski definition) is 0. The number of aromatic nitrogens is 2. The van der Waals surface area contributed by atoms with Gasteiger partial charge in [0.15, 0.2) is 17.3 Å². The van der Waals surface area contributed by atoms with Crippen molar-refractivity contribution >= 4 is 132 Å². The second-order valence-corrected chi connectivity index (χ2v) is 25.3. The summed E-state index contributed by atoms with van der Waals surface area (Å²) in [6.45, 7) is 9.81. The van der Waals surface area contributed by atoms with Gasteiger partial charge in [0.1, 0.15) is 28.7 Å². The minimum Gasteiger partial charge on any atom is -0.497 e. The fourth-order valence-corrected chi connectivity index (χ4v) is 6.57. The summed E-state index contributed by atoms with van der Waals surface area (Å²) in [4.78, 5) is 64.1. The molecule has 2 aromatic rings. The second kappa shape index (κ2) is 18.5. The lowest BCUT2D eigenvalue weighted by molar-refractivity contribution is -0.179. The summed E-state index contributed by atoms with van der Waals surface area (Å²) in [6.07, 6.45) is -0.245. The predicted molar refractivity (Wildman–Crippen MR) is 217 cm³/mol. The Bertz CT molecular complexity index is 1600. The number of Topliss-reactive ketones (excluding diaryl/α,β-unsaturated/α-hetero) is 1. The van der Waals surface area contributed by atoms with Crippen molar-refractivity contribution in [3.8, 4) is 5.75 Å². The number of nitrogens with zero attached hydrogens (tertiary/aromatic N) is 4. The molecular weight excluding hydrogens is 1040 g/mol. The molecule has 0 bridgehead atoms. The van der Waals surface area contributed by atoms with Gasteiger partial charge in [-0.05, 0) is 76.3 Å². The lowest BCUT2D eigenvalue weighted by Crippen LogP contribution is -2.62. The summed E-state index contributed by atoms with van der Waals surface area (Å²) < 4.78 is 21.1. The van der Waals surface area contributed by atoms with Crippen LogP contribution in [0.4, 0.5) is 0 Å². The van der Waals surface area contributed by atoms with E-state index in [0.717, 1.165) is 17.4 Å². The fraction of sp³-hybridized carbons (Fsp3) is 0.500. The van der Waals surface area contributed by atoms with Crippen molar-refractivity contribution in [3.05, 3.63) is 51.9 Å². The Morgan fingerprint density at radius 3 is 2.29 bits per heavy atom. The number of benzene rings is 1. The van der Waals surface area contributed by atoms with Gasteiger partial charge in [0.25, 0.3) is 0 Å². The minimum atomic E-state index is -1.53. The third-order valence-corrected chi connectivity index (χ3v) is 9.04.